The van der Waals surface area contributed by atoms with Crippen molar-refractivity contribution >= 4 is 18.4 Å². The summed E-state index contributed by atoms with van der Waals surface area (Å²) in [5.41, 5.74) is 0.472. The van der Waals surface area contributed by atoms with Crippen LogP contribution in [0.4, 0.5) is 0 Å². The molecule has 0 saturated heterocycles. The van der Waals surface area contributed by atoms with E-state index in [1.807, 2.05) is 0 Å². The fraction of sp³-hybridized carbons (Fsp3) is 1.00. The third-order valence-electron chi connectivity index (χ3n) is 2.67. The van der Waals surface area contributed by atoms with Crippen LogP contribution in [0, 0.1) is 5.41 Å². The molecule has 0 unspecified atom stereocenters. The maximum atomic E-state index is 2.49. The summed E-state index contributed by atoms with van der Waals surface area (Å²) in [4.78, 5) is 0. The molecule has 0 atom stereocenters. The maximum Gasteiger partial charge on any atom is 0.116 e. The summed E-state index contributed by atoms with van der Waals surface area (Å²) in [5.74, 6) is 1.30. The summed E-state index contributed by atoms with van der Waals surface area (Å²) < 4.78 is 0. The lowest BCUT2D eigenvalue weighted by molar-refractivity contribution is 0.481. The van der Waals surface area contributed by atoms with E-state index >= 15 is 0 Å². The Morgan fingerprint density at radius 3 is 1.54 bits per heavy atom. The lowest BCUT2D eigenvalue weighted by Crippen LogP contribution is -2.35. The first-order valence-corrected chi connectivity index (χ1v) is 9.81. The molecule has 0 aliphatic rings. The van der Waals surface area contributed by atoms with Crippen LogP contribution in [0.5, 0.6) is 0 Å². The largest absolute Gasteiger partial charge is 0.185 e. The zero-order valence-corrected chi connectivity index (χ0v) is 12.4. The minimum Gasteiger partial charge on any atom is -0.185 e. The molecule has 0 aromatic rings. The molecular weight excluding hydrogens is 192 g/mol. The van der Waals surface area contributed by atoms with Gasteiger partial charge in [0, 0.05) is 0 Å². The Bertz CT molecular complexity index is 160. The van der Waals surface area contributed by atoms with E-state index in [-0.39, 0.29) is 0 Å². The molecule has 0 fully saturated rings. The van der Waals surface area contributed by atoms with Crippen molar-refractivity contribution < 1.29 is 0 Å². The Labute approximate surface area is 89.5 Å². The average molecular weight is 218 g/mol. The van der Waals surface area contributed by atoms with Crippen LogP contribution >= 0.6 is 11.2 Å². The molecule has 0 rings (SSSR count). The van der Waals surface area contributed by atoms with E-state index in [1.165, 1.54) is 5.75 Å². The van der Waals surface area contributed by atoms with Gasteiger partial charge in [0.2, 0.25) is 0 Å². The third-order valence-corrected chi connectivity index (χ3v) is 12.5. The molecule has 0 aliphatic carbocycles. The minimum absolute atomic E-state index is 0.472. The first kappa shape index (κ1) is 13.6. The highest BCUT2D eigenvalue weighted by molar-refractivity contribution is 8.29. The zero-order chi connectivity index (χ0) is 10.9. The van der Waals surface area contributed by atoms with Crippen LogP contribution in [-0.4, -0.2) is 13.0 Å². The van der Waals surface area contributed by atoms with E-state index in [0.29, 0.717) is 10.5 Å². The minimum atomic E-state index is -1.10. The number of rotatable bonds is 2. The molecule has 0 radical (unpaired) electrons. The van der Waals surface area contributed by atoms with E-state index in [4.69, 9.17) is 0 Å². The van der Waals surface area contributed by atoms with Crippen LogP contribution < -0.4 is 0 Å². The van der Waals surface area contributed by atoms with Crippen molar-refractivity contribution in [3.63, 3.8) is 0 Å². The van der Waals surface area contributed by atoms with E-state index < -0.39 is 7.22 Å². The molecule has 0 heterocycles. The second-order valence-corrected chi connectivity index (χ2v) is 15.6. The van der Waals surface area contributed by atoms with E-state index in [1.54, 1.807) is 0 Å². The van der Waals surface area contributed by atoms with Gasteiger partial charge in [-0.25, -0.2) is 0 Å². The molecule has 80 valence electrons. The van der Waals surface area contributed by atoms with Crippen LogP contribution in [0.15, 0.2) is 0 Å². The van der Waals surface area contributed by atoms with Crippen LogP contribution in [0.2, 0.25) is 18.1 Å². The molecule has 0 N–H and O–H groups in total. The van der Waals surface area contributed by atoms with Crippen LogP contribution in [-0.2, 0) is 0 Å². The Morgan fingerprint density at radius 1 is 0.923 bits per heavy atom. The molecular formula is C11H26SSi. The Hall–Kier alpha value is 0.567. The lowest BCUT2D eigenvalue weighted by atomic mass is 10.0. The SMILES string of the molecule is CC(C)(C)CS[Si](C)(C)C(C)(C)C. The van der Waals surface area contributed by atoms with Crippen LogP contribution in [0.3, 0.4) is 0 Å². The predicted molar refractivity (Wildman–Crippen MR) is 69.1 cm³/mol. The lowest BCUT2D eigenvalue weighted by Gasteiger charge is -2.37. The van der Waals surface area contributed by atoms with E-state index in [9.17, 15) is 0 Å². The average Bonchev–Trinajstić information content (AvgIpc) is 1.79. The summed E-state index contributed by atoms with van der Waals surface area (Å²) >= 11 is 2.23. The van der Waals surface area contributed by atoms with Crippen molar-refractivity contribution in [1.29, 1.82) is 0 Å². The number of hydrogen-bond acceptors (Lipinski definition) is 1. The highest BCUT2D eigenvalue weighted by Crippen LogP contribution is 2.44. The predicted octanol–water partition coefficient (Wildman–Crippen LogP) is 4.77. The first-order chi connectivity index (χ1) is 5.46. The summed E-state index contributed by atoms with van der Waals surface area (Å²) in [5, 5.41) is 0.517. The molecule has 0 saturated carbocycles. The van der Waals surface area contributed by atoms with Gasteiger partial charge in [0.1, 0.15) is 7.22 Å². The number of hydrogen-bond donors (Lipinski definition) is 0. The highest BCUT2D eigenvalue weighted by Gasteiger charge is 2.36. The van der Waals surface area contributed by atoms with Gasteiger partial charge in [0.15, 0.2) is 0 Å². The van der Waals surface area contributed by atoms with Gasteiger partial charge in [0.05, 0.1) is 0 Å². The Balaban J connectivity index is 4.21. The topological polar surface area (TPSA) is 0 Å². The van der Waals surface area contributed by atoms with Gasteiger partial charge < -0.3 is 0 Å². The molecule has 0 aromatic carbocycles. The van der Waals surface area contributed by atoms with Gasteiger partial charge in [-0.15, -0.1) is 0 Å². The summed E-state index contributed by atoms with van der Waals surface area (Å²) in [6.45, 7) is 19.1. The monoisotopic (exact) mass is 218 g/mol. The Morgan fingerprint density at radius 2 is 1.31 bits per heavy atom. The molecule has 0 nitrogen and oxygen atoms in total. The Kier molecular flexibility index (Phi) is 4.15. The second kappa shape index (κ2) is 3.97. The molecule has 0 spiro atoms. The van der Waals surface area contributed by atoms with Crippen LogP contribution in [0.1, 0.15) is 41.5 Å². The smallest absolute Gasteiger partial charge is 0.116 e. The van der Waals surface area contributed by atoms with Crippen molar-refractivity contribution in [2.24, 2.45) is 5.41 Å². The van der Waals surface area contributed by atoms with Crippen molar-refractivity contribution in [3.05, 3.63) is 0 Å². The van der Waals surface area contributed by atoms with Gasteiger partial charge in [-0.05, 0) is 16.2 Å². The standard InChI is InChI=1S/C11H26SSi/c1-10(2,3)9-12-13(7,8)11(4,5)6/h9H2,1-8H3. The zero-order valence-electron chi connectivity index (χ0n) is 10.6. The van der Waals surface area contributed by atoms with Gasteiger partial charge in [-0.3, -0.25) is 0 Å². The molecule has 0 bridgehead atoms. The van der Waals surface area contributed by atoms with Crippen LogP contribution in [0.25, 0.3) is 0 Å². The second-order valence-electron chi connectivity index (χ2n) is 6.61. The van der Waals surface area contributed by atoms with Gasteiger partial charge in [-0.2, -0.15) is 11.2 Å². The van der Waals surface area contributed by atoms with Crippen molar-refractivity contribution in [3.8, 4) is 0 Å². The first-order valence-electron chi connectivity index (χ1n) is 5.10. The summed E-state index contributed by atoms with van der Waals surface area (Å²) in [6, 6.07) is 0. The van der Waals surface area contributed by atoms with Gasteiger partial charge >= 0.3 is 0 Å². The molecule has 0 aromatic heterocycles. The fourth-order valence-electron chi connectivity index (χ4n) is 0.613. The maximum absolute atomic E-state index is 2.49. The molecule has 13 heavy (non-hydrogen) atoms. The molecule has 2 heteroatoms. The fourth-order valence-corrected chi connectivity index (χ4v) is 5.52. The van der Waals surface area contributed by atoms with Crippen molar-refractivity contribution in [2.45, 2.75) is 59.7 Å². The van der Waals surface area contributed by atoms with E-state index in [0.717, 1.165) is 0 Å². The third kappa shape index (κ3) is 5.11. The van der Waals surface area contributed by atoms with Gasteiger partial charge in [0.25, 0.3) is 0 Å². The highest BCUT2D eigenvalue weighted by atomic mass is 32.4. The molecule has 0 amide bonds. The normalized spacial score (nSPS) is 14.8. The summed E-state index contributed by atoms with van der Waals surface area (Å²) in [6.07, 6.45) is 0. The van der Waals surface area contributed by atoms with Crippen molar-refractivity contribution in [1.82, 2.24) is 0 Å². The van der Waals surface area contributed by atoms with Gasteiger partial charge in [-0.1, -0.05) is 54.6 Å². The quantitative estimate of drug-likeness (QED) is 0.602. The molecule has 0 aliphatic heterocycles. The summed E-state index contributed by atoms with van der Waals surface area (Å²) in [7, 11) is -1.10. The van der Waals surface area contributed by atoms with E-state index in [2.05, 4.69) is 65.8 Å². The van der Waals surface area contributed by atoms with Crippen molar-refractivity contribution in [2.75, 3.05) is 5.75 Å².